The summed E-state index contributed by atoms with van der Waals surface area (Å²) in [6.07, 6.45) is 4.27. The zero-order chi connectivity index (χ0) is 28.2. The Morgan fingerprint density at radius 2 is 1.72 bits per heavy atom. The molecule has 0 atom stereocenters. The maximum atomic E-state index is 12.9. The zero-order valence-corrected chi connectivity index (χ0v) is 23.0. The van der Waals surface area contributed by atoms with E-state index in [0.29, 0.717) is 36.1 Å². The molecule has 2 aromatic rings. The Kier molecular flexibility index (Phi) is 8.60. The van der Waals surface area contributed by atoms with Gasteiger partial charge in [0, 0.05) is 25.7 Å². The van der Waals surface area contributed by atoms with Crippen LogP contribution < -0.4 is 14.2 Å². The Bertz CT molecular complexity index is 1430. The first-order valence-electron chi connectivity index (χ1n) is 12.1. The number of thioether (sulfide) groups is 1. The average molecular weight is 574 g/mol. The third-order valence-corrected chi connectivity index (χ3v) is 8.18. The number of benzene rings is 2. The van der Waals surface area contributed by atoms with Gasteiger partial charge in [-0.3, -0.25) is 24.1 Å². The van der Waals surface area contributed by atoms with Crippen LogP contribution in [-0.2, 0) is 24.5 Å². The van der Waals surface area contributed by atoms with E-state index >= 15 is 0 Å². The molecule has 1 N–H and O–H groups in total. The van der Waals surface area contributed by atoms with E-state index in [0.717, 1.165) is 24.2 Å². The van der Waals surface area contributed by atoms with Crippen LogP contribution in [0.15, 0.2) is 52.3 Å². The lowest BCUT2D eigenvalue weighted by molar-refractivity contribution is -0.136. The predicted octanol–water partition coefficient (Wildman–Crippen LogP) is 3.47. The van der Waals surface area contributed by atoms with Crippen LogP contribution in [0.3, 0.4) is 0 Å². The number of ether oxygens (including phenoxy) is 1. The quantitative estimate of drug-likeness (QED) is 0.371. The van der Waals surface area contributed by atoms with Crippen molar-refractivity contribution in [2.75, 3.05) is 32.1 Å². The van der Waals surface area contributed by atoms with E-state index in [9.17, 15) is 27.6 Å². The van der Waals surface area contributed by atoms with Crippen molar-refractivity contribution in [2.24, 2.45) is 0 Å². The zero-order valence-electron chi connectivity index (χ0n) is 21.3. The molecule has 2 saturated heterocycles. The summed E-state index contributed by atoms with van der Waals surface area (Å²) < 4.78 is 36.4. The number of piperidine rings is 1. The topological polar surface area (TPSA) is 139 Å². The van der Waals surface area contributed by atoms with Crippen molar-refractivity contribution in [3.8, 4) is 11.5 Å². The van der Waals surface area contributed by atoms with Gasteiger partial charge >= 0.3 is 10.1 Å². The molecule has 2 heterocycles. The van der Waals surface area contributed by atoms with Crippen LogP contribution in [0.2, 0.25) is 0 Å². The summed E-state index contributed by atoms with van der Waals surface area (Å²) in [5.74, 6) is -1.16. The molecule has 13 heteroatoms. The number of carbonyl (C=O) groups excluding carboxylic acids is 4. The molecule has 206 valence electrons. The predicted molar refractivity (Wildman–Crippen MR) is 145 cm³/mol. The first kappa shape index (κ1) is 28.2. The minimum Gasteiger partial charge on any atom is -0.493 e. The van der Waals surface area contributed by atoms with Gasteiger partial charge in [0.2, 0.25) is 11.8 Å². The summed E-state index contributed by atoms with van der Waals surface area (Å²) in [6.45, 7) is 2.24. The number of likely N-dealkylation sites (tertiary alicyclic amines) is 1. The molecule has 0 spiro atoms. The van der Waals surface area contributed by atoms with Crippen LogP contribution in [0, 0.1) is 0 Å². The summed E-state index contributed by atoms with van der Waals surface area (Å²) in [7, 11) is -2.93. The Balaban J connectivity index is 1.52. The molecule has 0 aromatic heterocycles. The largest absolute Gasteiger partial charge is 0.493 e. The molecular weight excluding hydrogens is 546 g/mol. The number of methoxy groups -OCH3 is 1. The molecule has 2 aliphatic heterocycles. The number of anilines is 1. The highest BCUT2D eigenvalue weighted by Gasteiger charge is 2.37. The second kappa shape index (κ2) is 11.9. The van der Waals surface area contributed by atoms with Crippen molar-refractivity contribution < 1.29 is 36.5 Å². The second-order valence-electron chi connectivity index (χ2n) is 8.86. The summed E-state index contributed by atoms with van der Waals surface area (Å²) >= 11 is 0.704. The maximum Gasteiger partial charge on any atom is 0.339 e. The van der Waals surface area contributed by atoms with Gasteiger partial charge in [0.1, 0.15) is 11.4 Å². The van der Waals surface area contributed by atoms with Crippen LogP contribution in [-0.4, -0.2) is 67.9 Å². The van der Waals surface area contributed by atoms with Crippen LogP contribution in [0.1, 0.15) is 31.7 Å². The molecule has 0 unspecified atom stereocenters. The second-order valence-corrected chi connectivity index (χ2v) is 11.4. The molecule has 0 bridgehead atoms. The molecule has 39 heavy (non-hydrogen) atoms. The van der Waals surface area contributed by atoms with E-state index in [-0.39, 0.29) is 39.7 Å². The minimum atomic E-state index is -4.28. The first-order chi connectivity index (χ1) is 18.6. The minimum absolute atomic E-state index is 0.0963. The molecule has 0 radical (unpaired) electrons. The molecular formula is C26H27N3O8S2. The van der Waals surface area contributed by atoms with Gasteiger partial charge in [-0.25, -0.2) is 0 Å². The third-order valence-electron chi connectivity index (χ3n) is 6.02. The number of amides is 4. The number of imide groups is 1. The Hall–Kier alpha value is -3.84. The Morgan fingerprint density at radius 1 is 1.03 bits per heavy atom. The lowest BCUT2D eigenvalue weighted by atomic mass is 10.1. The van der Waals surface area contributed by atoms with E-state index in [1.54, 1.807) is 11.0 Å². The van der Waals surface area contributed by atoms with Crippen LogP contribution in [0.4, 0.5) is 10.5 Å². The molecule has 0 aliphatic carbocycles. The fourth-order valence-corrected chi connectivity index (χ4v) is 5.86. The molecule has 4 amide bonds. The van der Waals surface area contributed by atoms with Gasteiger partial charge in [-0.15, -0.1) is 0 Å². The first-order valence-corrected chi connectivity index (χ1v) is 14.3. The third kappa shape index (κ3) is 6.79. The van der Waals surface area contributed by atoms with Gasteiger partial charge < -0.3 is 19.1 Å². The van der Waals surface area contributed by atoms with Gasteiger partial charge in [0.15, 0.2) is 11.5 Å². The van der Waals surface area contributed by atoms with Crippen LogP contribution in [0.5, 0.6) is 11.5 Å². The van der Waals surface area contributed by atoms with Gasteiger partial charge in [0.05, 0.1) is 12.0 Å². The van der Waals surface area contributed by atoms with Crippen molar-refractivity contribution in [2.45, 2.75) is 31.1 Å². The number of nitrogens with one attached hydrogen (secondary N) is 1. The SMILES string of the molecule is COc1ccc(/C=C2\SC(=O)N(CC(=O)N3CCCCC3)C2=O)cc1OS(=O)(=O)c1ccc(NC(C)=O)cc1. The van der Waals surface area contributed by atoms with Crippen LogP contribution >= 0.6 is 11.8 Å². The average Bonchev–Trinajstić information content (AvgIpc) is 3.16. The standard InChI is InChI=1S/C26H27N3O8S2/c1-17(30)27-19-7-9-20(10-8-19)39(34,35)37-22-14-18(6-11-21(22)36-2)15-23-25(32)29(26(33)38-23)16-24(31)28-12-4-3-5-13-28/h6-11,14-15H,3-5,12-13,16H2,1-2H3,(H,27,30)/b23-15-. The summed E-state index contributed by atoms with van der Waals surface area (Å²) in [5, 5.41) is 2.00. The lowest BCUT2D eigenvalue weighted by Gasteiger charge is -2.27. The maximum absolute atomic E-state index is 12.9. The van der Waals surface area contributed by atoms with Crippen LogP contribution in [0.25, 0.3) is 6.08 Å². The van der Waals surface area contributed by atoms with E-state index in [2.05, 4.69) is 5.32 Å². The van der Waals surface area contributed by atoms with Crippen molar-refractivity contribution in [1.29, 1.82) is 0 Å². The number of hydrogen-bond donors (Lipinski definition) is 1. The molecule has 2 fully saturated rings. The summed E-state index contributed by atoms with van der Waals surface area (Å²) in [5.41, 5.74) is 0.808. The summed E-state index contributed by atoms with van der Waals surface area (Å²) in [6, 6.07) is 9.86. The van der Waals surface area contributed by atoms with E-state index in [1.165, 1.54) is 56.5 Å². The van der Waals surface area contributed by atoms with Crippen molar-refractivity contribution in [1.82, 2.24) is 9.80 Å². The number of carbonyl (C=O) groups is 4. The number of nitrogens with zero attached hydrogens (tertiary/aromatic N) is 2. The van der Waals surface area contributed by atoms with Gasteiger partial charge in [-0.05, 0) is 79.1 Å². The molecule has 2 aromatic carbocycles. The fourth-order valence-electron chi connectivity index (χ4n) is 4.09. The molecule has 4 rings (SSSR count). The molecule has 11 nitrogen and oxygen atoms in total. The highest BCUT2D eigenvalue weighted by atomic mass is 32.2. The monoisotopic (exact) mass is 573 g/mol. The Morgan fingerprint density at radius 3 is 2.36 bits per heavy atom. The highest BCUT2D eigenvalue weighted by molar-refractivity contribution is 8.18. The molecule has 0 saturated carbocycles. The molecule has 2 aliphatic rings. The van der Waals surface area contributed by atoms with E-state index in [4.69, 9.17) is 8.92 Å². The van der Waals surface area contributed by atoms with Crippen molar-refractivity contribution in [3.05, 3.63) is 52.9 Å². The van der Waals surface area contributed by atoms with Gasteiger partial charge in [-0.1, -0.05) is 6.07 Å². The highest BCUT2D eigenvalue weighted by Crippen LogP contribution is 2.35. The van der Waals surface area contributed by atoms with Gasteiger partial charge in [0.25, 0.3) is 11.1 Å². The smallest absolute Gasteiger partial charge is 0.339 e. The van der Waals surface area contributed by atoms with Crippen molar-refractivity contribution in [3.63, 3.8) is 0 Å². The Labute approximate surface area is 230 Å². The number of hydrogen-bond acceptors (Lipinski definition) is 9. The number of rotatable bonds is 8. The van der Waals surface area contributed by atoms with E-state index < -0.39 is 21.3 Å². The lowest BCUT2D eigenvalue weighted by Crippen LogP contribution is -2.44. The van der Waals surface area contributed by atoms with Crippen molar-refractivity contribution >= 4 is 56.6 Å². The fraction of sp³-hybridized carbons (Fsp3) is 0.308. The van der Waals surface area contributed by atoms with E-state index in [1.807, 2.05) is 0 Å². The summed E-state index contributed by atoms with van der Waals surface area (Å²) in [4.78, 5) is 51.7. The normalized spacial score (nSPS) is 16.9. The van der Waals surface area contributed by atoms with Gasteiger partial charge in [-0.2, -0.15) is 8.42 Å².